The van der Waals surface area contributed by atoms with E-state index >= 15 is 0 Å². The van der Waals surface area contributed by atoms with Crippen molar-refractivity contribution in [2.75, 3.05) is 21.3 Å². The molecule has 0 spiro atoms. The Bertz CT molecular complexity index is 120. The van der Waals surface area contributed by atoms with Crippen LogP contribution in [0.1, 0.15) is 6.92 Å². The van der Waals surface area contributed by atoms with Gasteiger partial charge in [0, 0.05) is 21.3 Å². The molecule has 0 aliphatic heterocycles. The molecular weight excluding hydrogens is 180 g/mol. The second kappa shape index (κ2) is 4.31. The van der Waals surface area contributed by atoms with Crippen molar-refractivity contribution in [3.63, 3.8) is 0 Å². The minimum atomic E-state index is -2.85. The molecular formula is C6H16O5Si. The van der Waals surface area contributed by atoms with Gasteiger partial charge in [0.15, 0.2) is 5.79 Å². The number of hydrogen-bond acceptors (Lipinski definition) is 5. The van der Waals surface area contributed by atoms with E-state index in [2.05, 4.69) is 0 Å². The topological polar surface area (TPSA) is 68.2 Å². The first-order chi connectivity index (χ1) is 5.39. The van der Waals surface area contributed by atoms with Gasteiger partial charge < -0.3 is 23.5 Å². The maximum absolute atomic E-state index is 9.10. The van der Waals surface area contributed by atoms with Gasteiger partial charge in [-0.05, 0) is 6.92 Å². The van der Waals surface area contributed by atoms with Gasteiger partial charge in [-0.2, -0.15) is 0 Å². The summed E-state index contributed by atoms with van der Waals surface area (Å²) in [5.74, 6) is -1.83. The maximum atomic E-state index is 9.10. The zero-order chi connectivity index (χ0) is 9.83. The lowest BCUT2D eigenvalue weighted by atomic mass is 10.4. The first-order valence-corrected chi connectivity index (χ1v) is 5.42. The molecule has 0 aliphatic rings. The molecule has 0 heterocycles. The van der Waals surface area contributed by atoms with Gasteiger partial charge in [0.1, 0.15) is 0 Å². The average Bonchev–Trinajstić information content (AvgIpc) is 1.99. The van der Waals surface area contributed by atoms with E-state index in [-0.39, 0.29) is 6.04 Å². The Morgan fingerprint density at radius 3 is 1.50 bits per heavy atom. The lowest BCUT2D eigenvalue weighted by Crippen LogP contribution is -2.49. The van der Waals surface area contributed by atoms with Crippen LogP contribution in [0.4, 0.5) is 0 Å². The molecule has 0 bridgehead atoms. The van der Waals surface area contributed by atoms with Crippen LogP contribution in [0.25, 0.3) is 0 Å². The van der Waals surface area contributed by atoms with Gasteiger partial charge >= 0.3 is 8.80 Å². The van der Waals surface area contributed by atoms with Gasteiger partial charge in [-0.1, -0.05) is 0 Å². The fraction of sp³-hybridized carbons (Fsp3) is 1.00. The molecule has 0 aromatic rings. The van der Waals surface area contributed by atoms with Gasteiger partial charge in [0.2, 0.25) is 0 Å². The lowest BCUT2D eigenvalue weighted by molar-refractivity contribution is -0.136. The number of hydrogen-bond donors (Lipinski definition) is 2. The van der Waals surface area contributed by atoms with Gasteiger partial charge in [-0.3, -0.25) is 0 Å². The highest BCUT2D eigenvalue weighted by atomic mass is 28.4. The first-order valence-electron chi connectivity index (χ1n) is 3.49. The molecule has 0 rings (SSSR count). The van der Waals surface area contributed by atoms with Gasteiger partial charge in [-0.15, -0.1) is 0 Å². The van der Waals surface area contributed by atoms with E-state index in [9.17, 15) is 0 Å². The molecule has 0 aliphatic carbocycles. The van der Waals surface area contributed by atoms with Crippen molar-refractivity contribution in [2.45, 2.75) is 18.8 Å². The van der Waals surface area contributed by atoms with Crippen LogP contribution < -0.4 is 0 Å². The van der Waals surface area contributed by atoms with Crippen LogP contribution >= 0.6 is 0 Å². The Morgan fingerprint density at radius 2 is 1.42 bits per heavy atom. The zero-order valence-electron chi connectivity index (χ0n) is 7.83. The van der Waals surface area contributed by atoms with Gasteiger partial charge in [-0.25, -0.2) is 0 Å². The van der Waals surface area contributed by atoms with Crippen LogP contribution in [0.3, 0.4) is 0 Å². The Kier molecular flexibility index (Phi) is 4.31. The summed E-state index contributed by atoms with van der Waals surface area (Å²) in [6, 6.07) is -0.0521. The van der Waals surface area contributed by atoms with E-state index in [0.717, 1.165) is 0 Å². The van der Waals surface area contributed by atoms with E-state index in [1.165, 1.54) is 28.3 Å². The summed E-state index contributed by atoms with van der Waals surface area (Å²) in [6.45, 7) is 1.26. The third-order valence-electron chi connectivity index (χ3n) is 1.48. The smallest absolute Gasteiger partial charge is 0.377 e. The van der Waals surface area contributed by atoms with Crippen molar-refractivity contribution in [1.82, 2.24) is 0 Å². The van der Waals surface area contributed by atoms with Gasteiger partial charge in [0.25, 0.3) is 0 Å². The van der Waals surface area contributed by atoms with Gasteiger partial charge in [0.05, 0.1) is 6.04 Å². The summed E-state index contributed by atoms with van der Waals surface area (Å²) < 4.78 is 15.0. The summed E-state index contributed by atoms with van der Waals surface area (Å²) in [7, 11) is 1.41. The SMILES string of the molecule is CO[Si](CC(C)(O)O)(OC)OC. The molecule has 0 unspecified atom stereocenters. The predicted octanol–water partition coefficient (Wildman–Crippen LogP) is -0.435. The summed E-state index contributed by atoms with van der Waals surface area (Å²) in [6.07, 6.45) is 0. The van der Waals surface area contributed by atoms with Crippen molar-refractivity contribution in [3.05, 3.63) is 0 Å². The minimum Gasteiger partial charge on any atom is -0.377 e. The third-order valence-corrected chi connectivity index (χ3v) is 4.45. The van der Waals surface area contributed by atoms with Crippen LogP contribution in [0.5, 0.6) is 0 Å². The third kappa shape index (κ3) is 3.61. The molecule has 0 aromatic carbocycles. The molecule has 0 radical (unpaired) electrons. The van der Waals surface area contributed by atoms with E-state index in [0.29, 0.717) is 0 Å². The summed E-state index contributed by atoms with van der Waals surface area (Å²) in [4.78, 5) is 0. The highest BCUT2D eigenvalue weighted by Gasteiger charge is 2.44. The molecule has 5 nitrogen and oxygen atoms in total. The fourth-order valence-electron chi connectivity index (χ4n) is 0.877. The van der Waals surface area contributed by atoms with Crippen molar-refractivity contribution >= 4 is 8.80 Å². The second-order valence-electron chi connectivity index (χ2n) is 2.69. The Balaban J connectivity index is 4.30. The first kappa shape index (κ1) is 12.0. The molecule has 0 aromatic heterocycles. The quantitative estimate of drug-likeness (QED) is 0.461. The predicted molar refractivity (Wildman–Crippen MR) is 44.4 cm³/mol. The van der Waals surface area contributed by atoms with Crippen LogP contribution in [-0.2, 0) is 13.3 Å². The Morgan fingerprint density at radius 1 is 1.08 bits per heavy atom. The standard InChI is InChI=1S/C6H16O5Si/c1-6(7,8)5-12(9-2,10-3)11-4/h7-8H,5H2,1-4H3. The minimum absolute atomic E-state index is 0.0521. The Hall–Kier alpha value is 0.0169. The molecule has 6 heteroatoms. The average molecular weight is 196 g/mol. The van der Waals surface area contributed by atoms with Crippen molar-refractivity contribution in [3.8, 4) is 0 Å². The molecule has 0 saturated heterocycles. The normalized spacial score (nSPS) is 13.5. The lowest BCUT2D eigenvalue weighted by Gasteiger charge is -2.28. The fourth-order valence-corrected chi connectivity index (χ4v) is 2.63. The van der Waals surface area contributed by atoms with E-state index in [1.807, 2.05) is 0 Å². The van der Waals surface area contributed by atoms with E-state index in [1.54, 1.807) is 0 Å². The van der Waals surface area contributed by atoms with E-state index in [4.69, 9.17) is 23.5 Å². The number of rotatable bonds is 5. The molecule has 0 amide bonds. The molecule has 12 heavy (non-hydrogen) atoms. The molecule has 74 valence electrons. The summed E-state index contributed by atoms with van der Waals surface area (Å²) in [5, 5.41) is 18.2. The van der Waals surface area contributed by atoms with Crippen LogP contribution in [-0.4, -0.2) is 46.1 Å². The van der Waals surface area contributed by atoms with Crippen LogP contribution in [0, 0.1) is 0 Å². The molecule has 0 saturated carbocycles. The summed E-state index contributed by atoms with van der Waals surface area (Å²) >= 11 is 0. The Labute approximate surface area is 73.2 Å². The zero-order valence-corrected chi connectivity index (χ0v) is 8.83. The largest absolute Gasteiger partial charge is 0.505 e. The van der Waals surface area contributed by atoms with Crippen molar-refractivity contribution in [1.29, 1.82) is 0 Å². The summed E-state index contributed by atoms with van der Waals surface area (Å²) in [5.41, 5.74) is 0. The highest BCUT2D eigenvalue weighted by molar-refractivity contribution is 6.60. The monoisotopic (exact) mass is 196 g/mol. The highest BCUT2D eigenvalue weighted by Crippen LogP contribution is 2.20. The van der Waals surface area contributed by atoms with E-state index < -0.39 is 14.6 Å². The number of aliphatic hydroxyl groups is 2. The second-order valence-corrected chi connectivity index (χ2v) is 5.63. The molecule has 2 N–H and O–H groups in total. The van der Waals surface area contributed by atoms with Crippen molar-refractivity contribution in [2.24, 2.45) is 0 Å². The van der Waals surface area contributed by atoms with Crippen LogP contribution in [0.15, 0.2) is 0 Å². The molecule has 0 atom stereocenters. The van der Waals surface area contributed by atoms with Crippen molar-refractivity contribution < 1.29 is 23.5 Å². The maximum Gasteiger partial charge on any atom is 0.505 e. The van der Waals surface area contributed by atoms with Crippen LogP contribution in [0.2, 0.25) is 6.04 Å². The molecule has 0 fully saturated rings.